The molecule has 0 saturated carbocycles. The molecule has 2 rings (SSSR count). The quantitative estimate of drug-likeness (QED) is 0.739. The van der Waals surface area contributed by atoms with Gasteiger partial charge in [0, 0.05) is 25.2 Å². The molecule has 1 aromatic rings. The van der Waals surface area contributed by atoms with Gasteiger partial charge in [0.1, 0.15) is 0 Å². The number of carbonyl (C=O) groups is 2. The van der Waals surface area contributed by atoms with Crippen LogP contribution < -0.4 is 16.0 Å². The number of nitrogens with one attached hydrogen (secondary N) is 3. The molecule has 8 heteroatoms. The predicted octanol–water partition coefficient (Wildman–Crippen LogP) is 0.423. The third-order valence-electron chi connectivity index (χ3n) is 3.69. The van der Waals surface area contributed by atoms with Crippen molar-refractivity contribution in [2.24, 2.45) is 0 Å². The fourth-order valence-corrected chi connectivity index (χ4v) is 4.11. The van der Waals surface area contributed by atoms with Gasteiger partial charge in [-0.05, 0) is 30.5 Å². The Balaban J connectivity index is 1.81. The zero-order valence-electron chi connectivity index (χ0n) is 13.0. The minimum absolute atomic E-state index is 0.00124. The van der Waals surface area contributed by atoms with E-state index in [4.69, 9.17) is 0 Å². The average Bonchev–Trinajstić information content (AvgIpc) is 2.51. The van der Waals surface area contributed by atoms with E-state index in [-0.39, 0.29) is 29.5 Å². The molecule has 1 aliphatic rings. The lowest BCUT2D eigenvalue weighted by Gasteiger charge is -2.23. The number of amides is 3. The van der Waals surface area contributed by atoms with Crippen molar-refractivity contribution in [1.82, 2.24) is 16.0 Å². The number of hydrogen-bond donors (Lipinski definition) is 3. The van der Waals surface area contributed by atoms with E-state index < -0.39 is 9.84 Å². The summed E-state index contributed by atoms with van der Waals surface area (Å²) < 4.78 is 23.1. The molecule has 0 bridgehead atoms. The number of sulfone groups is 1. The number of urea groups is 1. The van der Waals surface area contributed by atoms with Crippen molar-refractivity contribution in [3.63, 3.8) is 0 Å². The van der Waals surface area contributed by atoms with E-state index in [0.29, 0.717) is 24.9 Å². The fourth-order valence-electron chi connectivity index (χ4n) is 2.47. The molecule has 23 heavy (non-hydrogen) atoms. The largest absolute Gasteiger partial charge is 0.355 e. The summed E-state index contributed by atoms with van der Waals surface area (Å²) in [6.07, 6.45) is 1.25. The van der Waals surface area contributed by atoms with Crippen molar-refractivity contribution in [3.8, 4) is 0 Å². The highest BCUT2D eigenvalue weighted by molar-refractivity contribution is 7.91. The van der Waals surface area contributed by atoms with Gasteiger partial charge in [-0.25, -0.2) is 13.2 Å². The maximum absolute atomic E-state index is 11.8. The fraction of sp³-hybridized carbons (Fsp3) is 0.467. The zero-order valence-corrected chi connectivity index (χ0v) is 13.8. The van der Waals surface area contributed by atoms with E-state index in [0.717, 1.165) is 5.56 Å². The number of rotatable bonds is 4. The Hall–Kier alpha value is -2.09. The molecule has 3 N–H and O–H groups in total. The summed E-state index contributed by atoms with van der Waals surface area (Å²) in [6, 6.07) is 6.17. The van der Waals surface area contributed by atoms with Gasteiger partial charge < -0.3 is 16.0 Å². The Kier molecular flexibility index (Phi) is 5.59. The van der Waals surface area contributed by atoms with E-state index >= 15 is 0 Å². The molecule has 1 saturated heterocycles. The van der Waals surface area contributed by atoms with Gasteiger partial charge in [-0.2, -0.15) is 0 Å². The van der Waals surface area contributed by atoms with Crippen LogP contribution in [0.25, 0.3) is 0 Å². The molecule has 1 heterocycles. The second-order valence-electron chi connectivity index (χ2n) is 5.56. The third kappa shape index (κ3) is 5.24. The lowest BCUT2D eigenvalue weighted by Crippen LogP contribution is -2.47. The normalized spacial score (nSPS) is 19.6. The highest BCUT2D eigenvalue weighted by atomic mass is 32.2. The summed E-state index contributed by atoms with van der Waals surface area (Å²) in [4.78, 5) is 23.3. The van der Waals surface area contributed by atoms with E-state index in [1.54, 1.807) is 31.3 Å². The van der Waals surface area contributed by atoms with Crippen molar-refractivity contribution >= 4 is 21.8 Å². The maximum Gasteiger partial charge on any atom is 0.315 e. The van der Waals surface area contributed by atoms with Gasteiger partial charge in [0.25, 0.3) is 5.91 Å². The molecule has 1 fully saturated rings. The lowest BCUT2D eigenvalue weighted by molar-refractivity contribution is 0.0963. The van der Waals surface area contributed by atoms with Gasteiger partial charge in [0.05, 0.1) is 11.5 Å². The molecular formula is C15H21N3O4S. The van der Waals surface area contributed by atoms with Crippen molar-refractivity contribution in [3.05, 3.63) is 35.4 Å². The second-order valence-corrected chi connectivity index (χ2v) is 7.79. The monoisotopic (exact) mass is 339 g/mol. The molecule has 7 nitrogen and oxygen atoms in total. The first-order valence-electron chi connectivity index (χ1n) is 7.45. The van der Waals surface area contributed by atoms with Gasteiger partial charge in [-0.1, -0.05) is 12.1 Å². The Morgan fingerprint density at radius 3 is 2.52 bits per heavy atom. The van der Waals surface area contributed by atoms with Crippen LogP contribution in [0.1, 0.15) is 28.8 Å². The molecule has 3 amide bonds. The molecule has 1 unspecified atom stereocenters. The molecule has 0 aliphatic carbocycles. The third-order valence-corrected chi connectivity index (χ3v) is 5.52. The van der Waals surface area contributed by atoms with Gasteiger partial charge in [0.15, 0.2) is 9.84 Å². The predicted molar refractivity (Wildman–Crippen MR) is 86.9 cm³/mol. The van der Waals surface area contributed by atoms with Crippen molar-refractivity contribution in [2.45, 2.75) is 25.4 Å². The highest BCUT2D eigenvalue weighted by Crippen LogP contribution is 2.11. The van der Waals surface area contributed by atoms with Crippen LogP contribution >= 0.6 is 0 Å². The van der Waals surface area contributed by atoms with Crippen LogP contribution in [0.2, 0.25) is 0 Å². The summed E-state index contributed by atoms with van der Waals surface area (Å²) in [7, 11) is -1.48. The van der Waals surface area contributed by atoms with Gasteiger partial charge in [-0.3, -0.25) is 4.79 Å². The molecular weight excluding hydrogens is 318 g/mol. The zero-order chi connectivity index (χ0) is 16.9. The van der Waals surface area contributed by atoms with Crippen LogP contribution in [-0.4, -0.2) is 45.0 Å². The number of carbonyl (C=O) groups excluding carboxylic acids is 2. The minimum atomic E-state index is -3.04. The van der Waals surface area contributed by atoms with Crippen LogP contribution in [0.15, 0.2) is 24.3 Å². The Bertz CT molecular complexity index is 670. The molecule has 126 valence electrons. The van der Waals surface area contributed by atoms with E-state index in [1.807, 2.05) is 0 Å². The molecule has 1 atom stereocenters. The van der Waals surface area contributed by atoms with Crippen LogP contribution in [0.4, 0.5) is 4.79 Å². The highest BCUT2D eigenvalue weighted by Gasteiger charge is 2.25. The van der Waals surface area contributed by atoms with Crippen LogP contribution in [0.5, 0.6) is 0 Å². The van der Waals surface area contributed by atoms with E-state index in [1.165, 1.54) is 0 Å². The first-order valence-corrected chi connectivity index (χ1v) is 9.27. The summed E-state index contributed by atoms with van der Waals surface area (Å²) >= 11 is 0. The molecule has 1 aliphatic heterocycles. The Morgan fingerprint density at radius 1 is 1.22 bits per heavy atom. The second kappa shape index (κ2) is 7.45. The van der Waals surface area contributed by atoms with E-state index in [9.17, 15) is 18.0 Å². The molecule has 0 aromatic heterocycles. The maximum atomic E-state index is 11.8. The summed E-state index contributed by atoms with van der Waals surface area (Å²) in [5.74, 6) is 0.0342. The van der Waals surface area contributed by atoms with E-state index in [2.05, 4.69) is 16.0 Å². The van der Waals surface area contributed by atoms with Gasteiger partial charge in [0.2, 0.25) is 0 Å². The average molecular weight is 339 g/mol. The molecule has 1 aromatic carbocycles. The van der Waals surface area contributed by atoms with Crippen LogP contribution in [-0.2, 0) is 16.4 Å². The van der Waals surface area contributed by atoms with Crippen molar-refractivity contribution in [1.29, 1.82) is 0 Å². The first-order chi connectivity index (χ1) is 10.9. The number of hydrogen-bond acceptors (Lipinski definition) is 4. The lowest BCUT2D eigenvalue weighted by atomic mass is 10.1. The summed E-state index contributed by atoms with van der Waals surface area (Å²) in [5.41, 5.74) is 1.40. The standard InChI is InChI=1S/C15H21N3O4S/c1-16-14(19)12-6-4-11(5-7-12)9-17-15(20)18-13-3-2-8-23(21,22)10-13/h4-7,13H,2-3,8-10H2,1H3,(H,16,19)(H2,17,18,20). The molecule has 0 radical (unpaired) electrons. The Labute approximate surface area is 135 Å². The minimum Gasteiger partial charge on any atom is -0.355 e. The SMILES string of the molecule is CNC(=O)c1ccc(CNC(=O)NC2CCCS(=O)(=O)C2)cc1. The van der Waals surface area contributed by atoms with Gasteiger partial charge >= 0.3 is 6.03 Å². The smallest absolute Gasteiger partial charge is 0.315 e. The summed E-state index contributed by atoms with van der Waals surface area (Å²) in [6.45, 7) is 0.305. The van der Waals surface area contributed by atoms with Crippen molar-refractivity contribution in [2.75, 3.05) is 18.6 Å². The topological polar surface area (TPSA) is 104 Å². The Morgan fingerprint density at radius 2 is 1.91 bits per heavy atom. The van der Waals surface area contributed by atoms with Crippen molar-refractivity contribution < 1.29 is 18.0 Å². The number of benzene rings is 1. The van der Waals surface area contributed by atoms with Crippen LogP contribution in [0.3, 0.4) is 0 Å². The van der Waals surface area contributed by atoms with Gasteiger partial charge in [-0.15, -0.1) is 0 Å². The van der Waals surface area contributed by atoms with Crippen LogP contribution in [0, 0.1) is 0 Å². The first kappa shape index (κ1) is 17.3. The summed E-state index contributed by atoms with van der Waals surface area (Å²) in [5, 5.41) is 7.92. The molecule has 0 spiro atoms.